The Morgan fingerprint density at radius 1 is 0.909 bits per heavy atom. The van der Waals surface area contributed by atoms with Gasteiger partial charge in [-0.3, -0.25) is 14.4 Å². The van der Waals surface area contributed by atoms with E-state index in [0.29, 0.717) is 16.9 Å². The predicted molar refractivity (Wildman–Crippen MR) is 128 cm³/mol. The van der Waals surface area contributed by atoms with Gasteiger partial charge in [-0.1, -0.05) is 45.0 Å². The van der Waals surface area contributed by atoms with Gasteiger partial charge in [0.05, 0.1) is 7.11 Å². The molecule has 0 heterocycles. The molecule has 2 amide bonds. The Balaban J connectivity index is 2.45. The smallest absolute Gasteiger partial charge is 0.308 e. The quantitative estimate of drug-likeness (QED) is 0.370. The van der Waals surface area contributed by atoms with Gasteiger partial charge in [-0.05, 0) is 55.2 Å². The van der Waals surface area contributed by atoms with Crippen LogP contribution in [0.2, 0.25) is 0 Å². The summed E-state index contributed by atoms with van der Waals surface area (Å²) in [5, 5.41) is 5.74. The molecule has 0 spiro atoms. The van der Waals surface area contributed by atoms with Crippen LogP contribution in [0.25, 0.3) is 6.08 Å². The lowest BCUT2D eigenvalue weighted by Crippen LogP contribution is -2.54. The molecule has 7 heteroatoms. The molecule has 2 aromatic carbocycles. The number of rotatable bonds is 7. The van der Waals surface area contributed by atoms with Crippen LogP contribution < -0.4 is 20.1 Å². The van der Waals surface area contributed by atoms with E-state index in [0.717, 1.165) is 0 Å². The van der Waals surface area contributed by atoms with E-state index in [1.165, 1.54) is 14.0 Å². The fourth-order valence-electron chi connectivity index (χ4n) is 2.66. The Labute approximate surface area is 195 Å². The minimum Gasteiger partial charge on any atom is -0.493 e. The third-order valence-corrected chi connectivity index (χ3v) is 5.58. The zero-order valence-corrected chi connectivity index (χ0v) is 20.2. The summed E-state index contributed by atoms with van der Waals surface area (Å²) in [5.41, 5.74) is 0.288. The van der Waals surface area contributed by atoms with Gasteiger partial charge in [-0.25, -0.2) is 0 Å². The molecule has 7 nitrogen and oxygen atoms in total. The van der Waals surface area contributed by atoms with Crippen molar-refractivity contribution in [2.24, 2.45) is 5.41 Å². The second-order valence-electron chi connectivity index (χ2n) is 9.21. The molecule has 0 bridgehead atoms. The summed E-state index contributed by atoms with van der Waals surface area (Å²) in [4.78, 5) is 37.4. The lowest BCUT2D eigenvalue weighted by molar-refractivity contribution is -0.132. The number of carbonyl (C=O) groups is 3. The number of ether oxygens (including phenoxy) is 2. The topological polar surface area (TPSA) is 93.7 Å². The Morgan fingerprint density at radius 3 is 2.09 bits per heavy atom. The first-order valence-corrected chi connectivity index (χ1v) is 10.6. The maximum atomic E-state index is 13.2. The second kappa shape index (κ2) is 10.3. The van der Waals surface area contributed by atoms with E-state index in [1.54, 1.807) is 48.5 Å². The van der Waals surface area contributed by atoms with Crippen molar-refractivity contribution in [1.29, 1.82) is 0 Å². The summed E-state index contributed by atoms with van der Waals surface area (Å²) < 4.78 is 10.4. The lowest BCUT2D eigenvalue weighted by atomic mass is 9.76. The lowest BCUT2D eigenvalue weighted by Gasteiger charge is -2.39. The minimum atomic E-state index is -0.558. The van der Waals surface area contributed by atoms with Gasteiger partial charge in [-0.2, -0.15) is 0 Å². The molecular formula is C26H32N2O5. The third-order valence-electron chi connectivity index (χ3n) is 5.58. The Morgan fingerprint density at radius 2 is 1.55 bits per heavy atom. The van der Waals surface area contributed by atoms with Gasteiger partial charge in [-0.15, -0.1) is 0 Å². The number of amides is 2. The molecule has 0 aliphatic heterocycles. The highest BCUT2D eigenvalue weighted by atomic mass is 16.6. The van der Waals surface area contributed by atoms with Crippen LogP contribution in [-0.2, 0) is 9.59 Å². The number of methoxy groups -OCH3 is 1. The minimum absolute atomic E-state index is 0.0727. The van der Waals surface area contributed by atoms with Crippen molar-refractivity contribution < 1.29 is 23.9 Å². The highest BCUT2D eigenvalue weighted by Gasteiger charge is 2.35. The molecular weight excluding hydrogens is 420 g/mol. The summed E-state index contributed by atoms with van der Waals surface area (Å²) in [7, 11) is 1.45. The molecule has 0 fully saturated rings. The van der Waals surface area contributed by atoms with Crippen LogP contribution >= 0.6 is 0 Å². The van der Waals surface area contributed by atoms with Crippen LogP contribution in [0.3, 0.4) is 0 Å². The van der Waals surface area contributed by atoms with Crippen LogP contribution in [-0.4, -0.2) is 30.4 Å². The first-order chi connectivity index (χ1) is 15.3. The van der Waals surface area contributed by atoms with Crippen LogP contribution in [0.4, 0.5) is 0 Å². The van der Waals surface area contributed by atoms with E-state index in [1.807, 2.05) is 40.7 Å². The van der Waals surface area contributed by atoms with Gasteiger partial charge in [0.15, 0.2) is 11.5 Å². The molecule has 0 radical (unpaired) electrons. The molecule has 2 N–H and O–H groups in total. The molecule has 2 aromatic rings. The number of carbonyl (C=O) groups excluding carboxylic acids is 3. The summed E-state index contributed by atoms with van der Waals surface area (Å²) in [6.45, 7) is 11.2. The number of nitrogens with one attached hydrogen (secondary N) is 2. The molecule has 0 aliphatic carbocycles. The largest absolute Gasteiger partial charge is 0.493 e. The zero-order chi connectivity index (χ0) is 24.8. The average Bonchev–Trinajstić information content (AvgIpc) is 2.73. The molecule has 0 unspecified atom stereocenters. The van der Waals surface area contributed by atoms with Crippen LogP contribution in [0.15, 0.2) is 54.2 Å². The van der Waals surface area contributed by atoms with Gasteiger partial charge in [0.2, 0.25) is 0 Å². The number of hydrogen-bond acceptors (Lipinski definition) is 5. The van der Waals surface area contributed by atoms with Gasteiger partial charge >= 0.3 is 5.97 Å². The van der Waals surface area contributed by atoms with Crippen molar-refractivity contribution in [3.05, 3.63) is 65.4 Å². The normalized spacial score (nSPS) is 12.0. The van der Waals surface area contributed by atoms with E-state index >= 15 is 0 Å². The monoisotopic (exact) mass is 452 g/mol. The molecule has 0 saturated carbocycles. The maximum absolute atomic E-state index is 13.2. The van der Waals surface area contributed by atoms with Crippen molar-refractivity contribution in [3.63, 3.8) is 0 Å². The number of benzene rings is 2. The molecule has 2 rings (SSSR count). The van der Waals surface area contributed by atoms with Gasteiger partial charge < -0.3 is 20.1 Å². The Kier molecular flexibility index (Phi) is 8.03. The first-order valence-electron chi connectivity index (χ1n) is 10.6. The fraction of sp³-hybridized carbons (Fsp3) is 0.346. The van der Waals surface area contributed by atoms with Gasteiger partial charge in [0.1, 0.15) is 5.70 Å². The molecule has 0 saturated heterocycles. The van der Waals surface area contributed by atoms with Crippen molar-refractivity contribution in [3.8, 4) is 11.5 Å². The van der Waals surface area contributed by atoms with Crippen LogP contribution in [0, 0.1) is 5.41 Å². The van der Waals surface area contributed by atoms with E-state index in [4.69, 9.17) is 9.47 Å². The number of hydrogen-bond donors (Lipinski definition) is 2. The van der Waals surface area contributed by atoms with Crippen molar-refractivity contribution >= 4 is 23.9 Å². The molecule has 0 aromatic heterocycles. The van der Waals surface area contributed by atoms with Crippen LogP contribution in [0.1, 0.15) is 57.5 Å². The fourth-order valence-corrected chi connectivity index (χ4v) is 2.66. The van der Waals surface area contributed by atoms with E-state index in [2.05, 4.69) is 10.6 Å². The summed E-state index contributed by atoms with van der Waals surface area (Å²) in [5.74, 6) is -0.731. The van der Waals surface area contributed by atoms with Crippen LogP contribution in [0.5, 0.6) is 11.5 Å². The van der Waals surface area contributed by atoms with Crippen molar-refractivity contribution in [2.45, 2.75) is 47.1 Å². The third kappa shape index (κ3) is 6.94. The second-order valence-corrected chi connectivity index (χ2v) is 9.21. The zero-order valence-electron chi connectivity index (χ0n) is 20.2. The highest BCUT2D eigenvalue weighted by Crippen LogP contribution is 2.31. The maximum Gasteiger partial charge on any atom is 0.308 e. The van der Waals surface area contributed by atoms with Crippen molar-refractivity contribution in [2.75, 3.05) is 7.11 Å². The molecule has 0 aliphatic rings. The molecule has 0 atom stereocenters. The Bertz CT molecular complexity index is 1050. The average molecular weight is 453 g/mol. The molecule has 176 valence electrons. The summed E-state index contributed by atoms with van der Waals surface area (Å²) >= 11 is 0. The van der Waals surface area contributed by atoms with E-state index in [9.17, 15) is 14.4 Å². The van der Waals surface area contributed by atoms with Gasteiger partial charge in [0, 0.05) is 18.0 Å². The SMILES string of the molecule is COc1cc(/C=C(\NC(=O)c2ccccc2)C(=O)NC(C)(C)C(C)(C)C)ccc1OC(C)=O. The first kappa shape index (κ1) is 25.6. The van der Waals surface area contributed by atoms with E-state index < -0.39 is 23.3 Å². The summed E-state index contributed by atoms with van der Waals surface area (Å²) in [6.07, 6.45) is 1.55. The van der Waals surface area contributed by atoms with Gasteiger partial charge in [0.25, 0.3) is 11.8 Å². The predicted octanol–water partition coefficient (Wildman–Crippen LogP) is 4.33. The molecule has 33 heavy (non-hydrogen) atoms. The van der Waals surface area contributed by atoms with Crippen molar-refractivity contribution in [1.82, 2.24) is 10.6 Å². The van der Waals surface area contributed by atoms with E-state index in [-0.39, 0.29) is 16.9 Å². The standard InChI is InChI=1S/C26H32N2O5/c1-17(29)33-21-14-13-18(16-22(21)32-7)15-20(24(31)28-26(5,6)25(2,3)4)27-23(30)19-11-9-8-10-12-19/h8-16H,1-7H3,(H,27,30)(H,28,31)/b20-15-. The number of esters is 1. The highest BCUT2D eigenvalue weighted by molar-refractivity contribution is 6.05. The summed E-state index contributed by atoms with van der Waals surface area (Å²) in [6, 6.07) is 13.5. The Hall–Kier alpha value is -3.61.